The molecular formula is C11H11ClN2OS. The summed E-state index contributed by atoms with van der Waals surface area (Å²) < 4.78 is 5.20. The van der Waals surface area contributed by atoms with Gasteiger partial charge in [0.25, 0.3) is 5.89 Å². The second kappa shape index (κ2) is 4.89. The van der Waals surface area contributed by atoms with Crippen molar-refractivity contribution < 1.29 is 4.52 Å². The van der Waals surface area contributed by atoms with Gasteiger partial charge >= 0.3 is 0 Å². The van der Waals surface area contributed by atoms with Gasteiger partial charge in [0.1, 0.15) is 0 Å². The summed E-state index contributed by atoms with van der Waals surface area (Å²) in [5.74, 6) is 1.04. The van der Waals surface area contributed by atoms with Crippen molar-refractivity contribution in [3.63, 3.8) is 0 Å². The first-order chi connectivity index (χ1) is 7.72. The minimum atomic E-state index is -0.237. The molecule has 0 aliphatic heterocycles. The van der Waals surface area contributed by atoms with Crippen molar-refractivity contribution in [3.8, 4) is 11.5 Å². The number of hydrogen-bond acceptors (Lipinski definition) is 4. The van der Waals surface area contributed by atoms with Gasteiger partial charge in [-0.3, -0.25) is 0 Å². The highest BCUT2D eigenvalue weighted by Crippen LogP contribution is 2.29. The molecule has 5 heteroatoms. The van der Waals surface area contributed by atoms with Crippen LogP contribution in [0.1, 0.15) is 18.1 Å². The molecule has 84 valence electrons. The highest BCUT2D eigenvalue weighted by molar-refractivity contribution is 7.98. The van der Waals surface area contributed by atoms with Crippen LogP contribution in [0.3, 0.4) is 0 Å². The molecule has 0 spiro atoms. The predicted molar refractivity (Wildman–Crippen MR) is 65.8 cm³/mol. The van der Waals surface area contributed by atoms with Crippen LogP contribution in [0, 0.1) is 0 Å². The van der Waals surface area contributed by atoms with Crippen LogP contribution in [0.4, 0.5) is 0 Å². The minimum absolute atomic E-state index is 0.237. The number of halogens is 1. The van der Waals surface area contributed by atoms with Crippen molar-refractivity contribution in [2.75, 3.05) is 6.26 Å². The molecule has 1 heterocycles. The standard InChI is InChI=1S/C11H11ClN2OS/c1-7(12)10-13-11(15-14-10)8-5-3-4-6-9(8)16-2/h3-7H,1-2H3. The van der Waals surface area contributed by atoms with E-state index in [1.54, 1.807) is 11.8 Å². The lowest BCUT2D eigenvalue weighted by molar-refractivity contribution is 0.422. The zero-order valence-corrected chi connectivity index (χ0v) is 10.5. The highest BCUT2D eigenvalue weighted by Gasteiger charge is 2.14. The SMILES string of the molecule is CSc1ccccc1-c1nc(C(C)Cl)no1. The summed E-state index contributed by atoms with van der Waals surface area (Å²) in [6.45, 7) is 1.82. The Kier molecular flexibility index (Phi) is 3.51. The molecule has 2 rings (SSSR count). The van der Waals surface area contributed by atoms with Crippen LogP contribution in [0.15, 0.2) is 33.7 Å². The van der Waals surface area contributed by atoms with Crippen LogP contribution in [-0.4, -0.2) is 16.4 Å². The molecule has 1 atom stereocenters. The Bertz CT molecular complexity index is 484. The lowest BCUT2D eigenvalue weighted by atomic mass is 10.2. The molecule has 0 bridgehead atoms. The van der Waals surface area contributed by atoms with Crippen molar-refractivity contribution >= 4 is 23.4 Å². The largest absolute Gasteiger partial charge is 0.334 e. The Morgan fingerprint density at radius 2 is 2.12 bits per heavy atom. The van der Waals surface area contributed by atoms with Crippen LogP contribution in [-0.2, 0) is 0 Å². The fraction of sp³-hybridized carbons (Fsp3) is 0.273. The molecule has 0 saturated carbocycles. The van der Waals surface area contributed by atoms with Crippen LogP contribution < -0.4 is 0 Å². The van der Waals surface area contributed by atoms with E-state index in [0.717, 1.165) is 10.5 Å². The fourth-order valence-corrected chi connectivity index (χ4v) is 2.01. The number of nitrogens with zero attached hydrogens (tertiary/aromatic N) is 2. The maximum absolute atomic E-state index is 5.89. The molecule has 0 aliphatic rings. The van der Waals surface area contributed by atoms with E-state index in [1.165, 1.54) is 0 Å². The Morgan fingerprint density at radius 1 is 1.38 bits per heavy atom. The number of benzene rings is 1. The molecular weight excluding hydrogens is 244 g/mol. The number of thioether (sulfide) groups is 1. The van der Waals surface area contributed by atoms with Gasteiger partial charge in [0.15, 0.2) is 5.82 Å². The third-order valence-corrected chi connectivity index (χ3v) is 3.13. The normalized spacial score (nSPS) is 12.7. The van der Waals surface area contributed by atoms with Crippen molar-refractivity contribution in [2.24, 2.45) is 0 Å². The van der Waals surface area contributed by atoms with Gasteiger partial charge in [-0.25, -0.2) is 0 Å². The smallest absolute Gasteiger partial charge is 0.259 e. The molecule has 0 fully saturated rings. The minimum Gasteiger partial charge on any atom is -0.334 e. The van der Waals surface area contributed by atoms with Gasteiger partial charge < -0.3 is 4.52 Å². The quantitative estimate of drug-likeness (QED) is 0.618. The summed E-state index contributed by atoms with van der Waals surface area (Å²) in [6, 6.07) is 7.91. The molecule has 1 aromatic heterocycles. The molecule has 0 saturated heterocycles. The molecule has 0 aliphatic carbocycles. The van der Waals surface area contributed by atoms with E-state index >= 15 is 0 Å². The van der Waals surface area contributed by atoms with Gasteiger partial charge in [-0.2, -0.15) is 4.98 Å². The number of aromatic nitrogens is 2. The number of rotatable bonds is 3. The van der Waals surface area contributed by atoms with Crippen molar-refractivity contribution in [1.29, 1.82) is 0 Å². The lowest BCUT2D eigenvalue weighted by Gasteiger charge is -2.00. The molecule has 1 unspecified atom stereocenters. The molecule has 1 aromatic carbocycles. The maximum Gasteiger partial charge on any atom is 0.259 e. The zero-order valence-electron chi connectivity index (χ0n) is 8.98. The van der Waals surface area contributed by atoms with Crippen molar-refractivity contribution in [1.82, 2.24) is 10.1 Å². The Hall–Kier alpha value is -1.00. The number of hydrogen-bond donors (Lipinski definition) is 0. The molecule has 0 N–H and O–H groups in total. The summed E-state index contributed by atoms with van der Waals surface area (Å²) in [5, 5.41) is 3.60. The van der Waals surface area contributed by atoms with Gasteiger partial charge in [0.2, 0.25) is 0 Å². The predicted octanol–water partition coefficient (Wildman–Crippen LogP) is 3.76. The Morgan fingerprint density at radius 3 is 2.75 bits per heavy atom. The lowest BCUT2D eigenvalue weighted by Crippen LogP contribution is -1.87. The first kappa shape index (κ1) is 11.5. The number of alkyl halides is 1. The summed E-state index contributed by atoms with van der Waals surface area (Å²) in [7, 11) is 0. The van der Waals surface area contributed by atoms with Crippen molar-refractivity contribution in [3.05, 3.63) is 30.1 Å². The van der Waals surface area contributed by atoms with Gasteiger partial charge in [-0.1, -0.05) is 17.3 Å². The average molecular weight is 255 g/mol. The summed E-state index contributed by atoms with van der Waals surface area (Å²) in [6.07, 6.45) is 2.01. The van der Waals surface area contributed by atoms with E-state index in [0.29, 0.717) is 11.7 Å². The van der Waals surface area contributed by atoms with Crippen LogP contribution in [0.25, 0.3) is 11.5 Å². The molecule has 0 radical (unpaired) electrons. The van der Waals surface area contributed by atoms with Gasteiger partial charge in [-0.05, 0) is 25.3 Å². The van der Waals surface area contributed by atoms with Crippen LogP contribution in [0.2, 0.25) is 0 Å². The summed E-state index contributed by atoms with van der Waals surface area (Å²) in [5.41, 5.74) is 0.950. The third kappa shape index (κ3) is 2.23. The monoisotopic (exact) mass is 254 g/mol. The van der Waals surface area contributed by atoms with E-state index in [2.05, 4.69) is 10.1 Å². The summed E-state index contributed by atoms with van der Waals surface area (Å²) >= 11 is 7.53. The first-order valence-corrected chi connectivity index (χ1v) is 6.49. The molecule has 16 heavy (non-hydrogen) atoms. The molecule has 3 nitrogen and oxygen atoms in total. The second-order valence-electron chi connectivity index (χ2n) is 3.27. The summed E-state index contributed by atoms with van der Waals surface area (Å²) in [4.78, 5) is 5.38. The molecule has 2 aromatic rings. The van der Waals surface area contributed by atoms with Crippen LogP contribution in [0.5, 0.6) is 0 Å². The third-order valence-electron chi connectivity index (χ3n) is 2.13. The van der Waals surface area contributed by atoms with Gasteiger partial charge in [0, 0.05) is 4.90 Å². The highest BCUT2D eigenvalue weighted by atomic mass is 35.5. The van der Waals surface area contributed by atoms with E-state index in [9.17, 15) is 0 Å². The van der Waals surface area contributed by atoms with E-state index in [4.69, 9.17) is 16.1 Å². The van der Waals surface area contributed by atoms with Crippen molar-refractivity contribution in [2.45, 2.75) is 17.2 Å². The van der Waals surface area contributed by atoms with Gasteiger partial charge in [0.05, 0.1) is 10.9 Å². The molecule has 0 amide bonds. The van der Waals surface area contributed by atoms with E-state index in [1.807, 2.05) is 37.4 Å². The van der Waals surface area contributed by atoms with Gasteiger partial charge in [-0.15, -0.1) is 23.4 Å². The van der Waals surface area contributed by atoms with E-state index in [-0.39, 0.29) is 5.38 Å². The van der Waals surface area contributed by atoms with E-state index < -0.39 is 0 Å². The topological polar surface area (TPSA) is 38.9 Å². The first-order valence-electron chi connectivity index (χ1n) is 4.83. The average Bonchev–Trinajstić information content (AvgIpc) is 2.78. The zero-order chi connectivity index (χ0) is 11.5. The Balaban J connectivity index is 2.42. The Labute approximate surface area is 103 Å². The maximum atomic E-state index is 5.89. The fourth-order valence-electron chi connectivity index (χ4n) is 1.33. The van der Waals surface area contributed by atoms with Crippen LogP contribution >= 0.6 is 23.4 Å². The second-order valence-corrected chi connectivity index (χ2v) is 4.78.